The maximum absolute atomic E-state index is 12.3. The summed E-state index contributed by atoms with van der Waals surface area (Å²) in [6, 6.07) is 14.5. The molecular weight excluding hydrogens is 380 g/mol. The molecule has 1 fully saturated rings. The number of ether oxygens (including phenoxy) is 2. The van der Waals surface area contributed by atoms with Crippen LogP contribution in [0, 0.1) is 5.92 Å². The zero-order valence-electron chi connectivity index (χ0n) is 15.8. The van der Waals surface area contributed by atoms with Crippen molar-refractivity contribution in [2.24, 2.45) is 5.92 Å². The van der Waals surface area contributed by atoms with Gasteiger partial charge in [0.05, 0.1) is 6.61 Å². The molecule has 0 aliphatic heterocycles. The van der Waals surface area contributed by atoms with Gasteiger partial charge in [0.1, 0.15) is 11.5 Å². The van der Waals surface area contributed by atoms with Crippen molar-refractivity contribution in [1.82, 2.24) is 10.9 Å². The molecule has 2 N–H and O–H groups in total. The molecule has 1 aliphatic carbocycles. The molecule has 3 atom stereocenters. The average molecular weight is 403 g/mol. The lowest BCUT2D eigenvalue weighted by Gasteiger charge is -2.15. The molecule has 0 saturated heterocycles. The molecule has 2 amide bonds. The molecule has 148 valence electrons. The van der Waals surface area contributed by atoms with Crippen molar-refractivity contribution in [1.29, 1.82) is 0 Å². The number of benzene rings is 2. The Morgan fingerprint density at radius 2 is 1.79 bits per heavy atom. The second-order valence-electron chi connectivity index (χ2n) is 6.61. The number of carbonyl (C=O) groups is 2. The van der Waals surface area contributed by atoms with E-state index in [0.29, 0.717) is 23.8 Å². The highest BCUT2D eigenvalue weighted by atomic mass is 35.5. The minimum Gasteiger partial charge on any atom is -0.494 e. The van der Waals surface area contributed by atoms with Gasteiger partial charge in [-0.15, -0.1) is 0 Å². The van der Waals surface area contributed by atoms with Crippen molar-refractivity contribution in [2.75, 3.05) is 6.61 Å². The van der Waals surface area contributed by atoms with Crippen LogP contribution >= 0.6 is 11.6 Å². The minimum atomic E-state index is -0.767. The van der Waals surface area contributed by atoms with E-state index in [2.05, 4.69) is 10.9 Å². The molecule has 0 bridgehead atoms. The molecule has 2 aromatic rings. The third-order valence-corrected chi connectivity index (χ3v) is 4.90. The van der Waals surface area contributed by atoms with Gasteiger partial charge in [-0.3, -0.25) is 20.4 Å². The summed E-state index contributed by atoms with van der Waals surface area (Å²) < 4.78 is 11.0. The van der Waals surface area contributed by atoms with Crippen molar-refractivity contribution in [3.63, 3.8) is 0 Å². The predicted octanol–water partition coefficient (Wildman–Crippen LogP) is 3.46. The van der Waals surface area contributed by atoms with E-state index in [-0.39, 0.29) is 17.7 Å². The average Bonchev–Trinajstić information content (AvgIpc) is 3.48. The van der Waals surface area contributed by atoms with Gasteiger partial charge in [0, 0.05) is 10.9 Å². The Kier molecular flexibility index (Phi) is 6.41. The normalized spacial score (nSPS) is 18.7. The van der Waals surface area contributed by atoms with Gasteiger partial charge >= 0.3 is 0 Å². The molecule has 2 aromatic carbocycles. The molecule has 3 unspecified atom stereocenters. The number of amides is 2. The van der Waals surface area contributed by atoms with Gasteiger partial charge in [-0.1, -0.05) is 29.8 Å². The second-order valence-corrected chi connectivity index (χ2v) is 7.02. The monoisotopic (exact) mass is 402 g/mol. The van der Waals surface area contributed by atoms with E-state index in [0.717, 1.165) is 11.3 Å². The second kappa shape index (κ2) is 8.97. The van der Waals surface area contributed by atoms with Crippen molar-refractivity contribution in [3.05, 3.63) is 59.1 Å². The van der Waals surface area contributed by atoms with Gasteiger partial charge in [0.15, 0.2) is 6.10 Å². The first-order chi connectivity index (χ1) is 13.5. The first-order valence-electron chi connectivity index (χ1n) is 9.23. The highest BCUT2D eigenvalue weighted by Gasteiger charge is 2.45. The van der Waals surface area contributed by atoms with Crippen LogP contribution in [0.15, 0.2) is 48.5 Å². The number of hydrazine groups is 1. The van der Waals surface area contributed by atoms with Gasteiger partial charge in [0.25, 0.3) is 5.91 Å². The fraction of sp³-hybridized carbons (Fsp3) is 0.333. The third kappa shape index (κ3) is 4.95. The standard InChI is InChI=1S/C21H23ClN2O4/c1-3-27-14-8-10-15(11-9-14)28-13(2)20(25)23-24-21(26)18-12-17(18)16-6-4-5-7-19(16)22/h4-11,13,17-18H,3,12H2,1-2H3,(H,23,25)(H,24,26). The summed E-state index contributed by atoms with van der Waals surface area (Å²) >= 11 is 6.18. The first-order valence-corrected chi connectivity index (χ1v) is 9.61. The summed E-state index contributed by atoms with van der Waals surface area (Å²) in [7, 11) is 0. The van der Waals surface area contributed by atoms with Gasteiger partial charge in [-0.2, -0.15) is 0 Å². The van der Waals surface area contributed by atoms with Crippen molar-refractivity contribution in [3.8, 4) is 11.5 Å². The molecular formula is C21H23ClN2O4. The van der Waals surface area contributed by atoms with Crippen LogP contribution in [-0.2, 0) is 9.59 Å². The molecule has 28 heavy (non-hydrogen) atoms. The first kappa shape index (κ1) is 20.0. The topological polar surface area (TPSA) is 76.7 Å². The molecule has 0 heterocycles. The van der Waals surface area contributed by atoms with Crippen LogP contribution in [0.1, 0.15) is 31.7 Å². The number of carbonyl (C=O) groups excluding carboxylic acids is 2. The highest BCUT2D eigenvalue weighted by molar-refractivity contribution is 6.31. The number of hydrogen-bond acceptors (Lipinski definition) is 4. The lowest BCUT2D eigenvalue weighted by Crippen LogP contribution is -2.47. The smallest absolute Gasteiger partial charge is 0.279 e. The van der Waals surface area contributed by atoms with E-state index >= 15 is 0 Å². The Morgan fingerprint density at radius 3 is 2.46 bits per heavy atom. The summed E-state index contributed by atoms with van der Waals surface area (Å²) in [6.45, 7) is 4.10. The summed E-state index contributed by atoms with van der Waals surface area (Å²) in [6.07, 6.45) is -0.0549. The van der Waals surface area contributed by atoms with E-state index < -0.39 is 12.0 Å². The summed E-state index contributed by atoms with van der Waals surface area (Å²) in [5.74, 6) is 0.504. The molecule has 1 saturated carbocycles. The van der Waals surface area contributed by atoms with Crippen LogP contribution < -0.4 is 20.3 Å². The third-order valence-electron chi connectivity index (χ3n) is 4.56. The van der Waals surface area contributed by atoms with E-state index in [1.807, 2.05) is 31.2 Å². The van der Waals surface area contributed by atoms with Crippen LogP contribution in [0.5, 0.6) is 11.5 Å². The van der Waals surface area contributed by atoms with Crippen molar-refractivity contribution >= 4 is 23.4 Å². The summed E-state index contributed by atoms with van der Waals surface area (Å²) in [4.78, 5) is 24.4. The van der Waals surface area contributed by atoms with Crippen LogP contribution in [0.3, 0.4) is 0 Å². The molecule has 3 rings (SSSR count). The van der Waals surface area contributed by atoms with Crippen LogP contribution in [0.4, 0.5) is 0 Å². The molecule has 0 spiro atoms. The van der Waals surface area contributed by atoms with Crippen LogP contribution in [0.25, 0.3) is 0 Å². The lowest BCUT2D eigenvalue weighted by atomic mass is 10.1. The molecule has 6 nitrogen and oxygen atoms in total. The maximum atomic E-state index is 12.3. The van der Waals surface area contributed by atoms with Crippen LogP contribution in [-0.4, -0.2) is 24.5 Å². The zero-order chi connectivity index (χ0) is 20.1. The largest absolute Gasteiger partial charge is 0.494 e. The fourth-order valence-electron chi connectivity index (χ4n) is 2.96. The SMILES string of the molecule is CCOc1ccc(OC(C)C(=O)NNC(=O)C2CC2c2ccccc2Cl)cc1. The van der Waals surface area contributed by atoms with E-state index in [9.17, 15) is 9.59 Å². The Morgan fingerprint density at radius 1 is 1.11 bits per heavy atom. The van der Waals surface area contributed by atoms with Crippen molar-refractivity contribution < 1.29 is 19.1 Å². The summed E-state index contributed by atoms with van der Waals surface area (Å²) in [5, 5.41) is 0.657. The zero-order valence-corrected chi connectivity index (χ0v) is 16.5. The fourth-order valence-corrected chi connectivity index (χ4v) is 3.24. The van der Waals surface area contributed by atoms with E-state index in [4.69, 9.17) is 21.1 Å². The highest BCUT2D eigenvalue weighted by Crippen LogP contribution is 2.49. The van der Waals surface area contributed by atoms with Gasteiger partial charge < -0.3 is 9.47 Å². The number of halogens is 1. The van der Waals surface area contributed by atoms with E-state index in [1.165, 1.54) is 0 Å². The quantitative estimate of drug-likeness (QED) is 0.695. The van der Waals surface area contributed by atoms with Crippen molar-refractivity contribution in [2.45, 2.75) is 32.3 Å². The minimum absolute atomic E-state index is 0.0862. The Labute approximate surface area is 169 Å². The van der Waals surface area contributed by atoms with Crippen LogP contribution in [0.2, 0.25) is 5.02 Å². The molecule has 1 aliphatic rings. The number of nitrogens with one attached hydrogen (secondary N) is 2. The number of rotatable bonds is 7. The Hall–Kier alpha value is -2.73. The van der Waals surface area contributed by atoms with E-state index in [1.54, 1.807) is 31.2 Å². The predicted molar refractivity (Wildman–Crippen MR) is 106 cm³/mol. The Bertz CT molecular complexity index is 841. The maximum Gasteiger partial charge on any atom is 0.279 e. The Balaban J connectivity index is 1.45. The van der Waals surface area contributed by atoms with Gasteiger partial charge in [0.2, 0.25) is 5.91 Å². The molecule has 0 radical (unpaired) electrons. The number of hydrogen-bond donors (Lipinski definition) is 2. The van der Waals surface area contributed by atoms with Gasteiger partial charge in [-0.05, 0) is 62.1 Å². The molecule has 0 aromatic heterocycles. The van der Waals surface area contributed by atoms with Gasteiger partial charge in [-0.25, -0.2) is 0 Å². The molecule has 7 heteroatoms. The lowest BCUT2D eigenvalue weighted by molar-refractivity contribution is -0.133. The summed E-state index contributed by atoms with van der Waals surface area (Å²) in [5.41, 5.74) is 5.86.